The summed E-state index contributed by atoms with van der Waals surface area (Å²) < 4.78 is 12.6. The van der Waals surface area contributed by atoms with Crippen LogP contribution in [0.25, 0.3) is 0 Å². The summed E-state index contributed by atoms with van der Waals surface area (Å²) in [5.41, 5.74) is -1.92. The molecule has 0 aliphatic heterocycles. The molecule has 0 aromatic carbocycles. The Hall–Kier alpha value is -2.03. The third kappa shape index (κ3) is 4.96. The van der Waals surface area contributed by atoms with Crippen LogP contribution < -0.4 is 0 Å². The molecular formula is C40H62O8. The van der Waals surface area contributed by atoms with E-state index in [-0.39, 0.29) is 28.6 Å². The molecule has 0 aromatic heterocycles. The number of rotatable bonds is 7. The van der Waals surface area contributed by atoms with Gasteiger partial charge in [0.25, 0.3) is 0 Å². The number of carbonyl (C=O) groups is 3. The summed E-state index contributed by atoms with van der Waals surface area (Å²) in [4.78, 5) is 39.4. The Morgan fingerprint density at radius 1 is 0.979 bits per heavy atom. The van der Waals surface area contributed by atoms with Crippen LogP contribution in [0, 0.1) is 56.2 Å². The van der Waals surface area contributed by atoms with E-state index in [1.165, 1.54) is 5.57 Å². The number of allylic oxidation sites excluding steroid dienone is 3. The van der Waals surface area contributed by atoms with E-state index in [0.29, 0.717) is 31.3 Å². The van der Waals surface area contributed by atoms with E-state index in [9.17, 15) is 29.7 Å². The van der Waals surface area contributed by atoms with E-state index in [0.717, 1.165) is 32.0 Å². The van der Waals surface area contributed by atoms with Gasteiger partial charge in [-0.2, -0.15) is 0 Å². The number of hydrogen-bond donors (Lipinski definition) is 3. The van der Waals surface area contributed by atoms with Crippen molar-refractivity contribution < 1.29 is 39.2 Å². The molecule has 4 fully saturated rings. The molecule has 0 radical (unpaired) electrons. The first-order valence-corrected chi connectivity index (χ1v) is 18.5. The molecule has 0 aromatic rings. The average molecular weight is 671 g/mol. The zero-order valence-corrected chi connectivity index (χ0v) is 31.1. The van der Waals surface area contributed by atoms with Crippen molar-refractivity contribution in [3.8, 4) is 0 Å². The van der Waals surface area contributed by atoms with Crippen LogP contribution in [0.1, 0.15) is 121 Å². The van der Waals surface area contributed by atoms with Gasteiger partial charge in [0, 0.05) is 11.0 Å². The second-order valence-corrected chi connectivity index (χ2v) is 18.0. The summed E-state index contributed by atoms with van der Waals surface area (Å²) in [6.07, 6.45) is 6.77. The largest absolute Gasteiger partial charge is 0.457 e. The van der Waals surface area contributed by atoms with Gasteiger partial charge < -0.3 is 29.6 Å². The van der Waals surface area contributed by atoms with Crippen molar-refractivity contribution in [3.63, 3.8) is 0 Å². The van der Waals surface area contributed by atoms with Crippen molar-refractivity contribution >= 4 is 18.2 Å². The van der Waals surface area contributed by atoms with Crippen LogP contribution in [-0.4, -0.2) is 64.6 Å². The van der Waals surface area contributed by atoms with Crippen LogP contribution in [0.3, 0.4) is 0 Å². The minimum atomic E-state index is -1.27. The van der Waals surface area contributed by atoms with E-state index in [1.807, 2.05) is 27.7 Å². The fraction of sp³-hybridized carbons (Fsp3) is 0.825. The lowest BCUT2D eigenvalue weighted by Gasteiger charge is -2.72. The van der Waals surface area contributed by atoms with Gasteiger partial charge in [0.05, 0.1) is 35.6 Å². The predicted octanol–water partition coefficient (Wildman–Crippen LogP) is 6.35. The van der Waals surface area contributed by atoms with Gasteiger partial charge in [0.15, 0.2) is 0 Å². The molecule has 5 aliphatic carbocycles. The topological polar surface area (TPSA) is 130 Å². The molecule has 48 heavy (non-hydrogen) atoms. The highest BCUT2D eigenvalue weighted by Gasteiger charge is 2.73. The number of aldehydes is 1. The Kier molecular flexibility index (Phi) is 9.56. The molecule has 3 N–H and O–H groups in total. The van der Waals surface area contributed by atoms with Crippen molar-refractivity contribution in [2.24, 2.45) is 56.2 Å². The lowest BCUT2D eigenvalue weighted by atomic mass is 9.33. The minimum absolute atomic E-state index is 0.0574. The van der Waals surface area contributed by atoms with E-state index in [4.69, 9.17) is 9.47 Å². The van der Waals surface area contributed by atoms with Crippen molar-refractivity contribution in [3.05, 3.63) is 23.3 Å². The smallest absolute Gasteiger partial charge is 0.333 e. The van der Waals surface area contributed by atoms with Gasteiger partial charge >= 0.3 is 11.9 Å². The highest BCUT2D eigenvalue weighted by Crippen LogP contribution is 2.75. The van der Waals surface area contributed by atoms with Crippen molar-refractivity contribution in [1.29, 1.82) is 0 Å². The van der Waals surface area contributed by atoms with Crippen molar-refractivity contribution in [2.45, 2.75) is 145 Å². The fourth-order valence-electron chi connectivity index (χ4n) is 11.9. The molecule has 5 aliphatic rings. The number of aliphatic hydroxyl groups excluding tert-OH is 3. The molecule has 8 nitrogen and oxygen atoms in total. The lowest BCUT2D eigenvalue weighted by molar-refractivity contribution is -0.266. The van der Waals surface area contributed by atoms with Gasteiger partial charge in [-0.15, -0.1) is 0 Å². The summed E-state index contributed by atoms with van der Waals surface area (Å²) >= 11 is 0. The van der Waals surface area contributed by atoms with Gasteiger partial charge in [0.1, 0.15) is 18.5 Å². The highest BCUT2D eigenvalue weighted by molar-refractivity contribution is 5.87. The number of carbonyl (C=O) groups excluding carboxylic acids is 3. The van der Waals surface area contributed by atoms with Gasteiger partial charge in [-0.1, -0.05) is 73.1 Å². The minimum Gasteiger partial charge on any atom is -0.457 e. The number of fused-ring (bicyclic) bond motifs is 7. The molecule has 4 saturated carbocycles. The van der Waals surface area contributed by atoms with Gasteiger partial charge in [-0.3, -0.25) is 4.79 Å². The summed E-state index contributed by atoms with van der Waals surface area (Å²) in [5.74, 6) is -1.37. The number of hydrogen-bond acceptors (Lipinski definition) is 8. The number of aliphatic hydroxyl groups is 3. The zero-order chi connectivity index (χ0) is 35.8. The van der Waals surface area contributed by atoms with E-state index < -0.39 is 70.5 Å². The zero-order valence-electron chi connectivity index (χ0n) is 31.1. The molecule has 0 spiro atoms. The first-order valence-electron chi connectivity index (χ1n) is 18.5. The maximum atomic E-state index is 13.6. The number of ether oxygens (including phenoxy) is 2. The standard InChI is InChI=1S/C40H62O8/c1-11-23(3)33(45)47-31-32(48-34(46)24(4)12-2)40(22-42)26(19-35(31,5)6)25-13-14-28-36(7)17-16-29(43)37(8,21-41)27(36)15-18-38(28,9)39(25,10)20-30(40)44/h11,13,21,24,26-32,42-44H,12,14-20,22H2,1-10H3. The third-order valence-electron chi connectivity index (χ3n) is 15.5. The van der Waals surface area contributed by atoms with Crippen LogP contribution in [-0.2, 0) is 23.9 Å². The van der Waals surface area contributed by atoms with Gasteiger partial charge in [-0.25, -0.2) is 4.79 Å². The monoisotopic (exact) mass is 670 g/mol. The summed E-state index contributed by atoms with van der Waals surface area (Å²) in [7, 11) is 0. The predicted molar refractivity (Wildman–Crippen MR) is 183 cm³/mol. The second kappa shape index (κ2) is 12.3. The normalized spacial score (nSPS) is 47.2. The van der Waals surface area contributed by atoms with Gasteiger partial charge in [-0.05, 0) is 99.2 Å². The van der Waals surface area contributed by atoms with Crippen LogP contribution in [0.5, 0.6) is 0 Å². The summed E-state index contributed by atoms with van der Waals surface area (Å²) in [5, 5.41) is 35.1. The molecule has 13 unspecified atom stereocenters. The average Bonchev–Trinajstić information content (AvgIpc) is 3.03. The van der Waals surface area contributed by atoms with Crippen LogP contribution >= 0.6 is 0 Å². The van der Waals surface area contributed by atoms with Crippen LogP contribution in [0.15, 0.2) is 23.3 Å². The van der Waals surface area contributed by atoms with E-state index in [1.54, 1.807) is 26.8 Å². The molecular weight excluding hydrogens is 608 g/mol. The molecule has 13 atom stereocenters. The maximum Gasteiger partial charge on any atom is 0.333 e. The molecule has 8 heteroatoms. The highest BCUT2D eigenvalue weighted by atomic mass is 16.6. The van der Waals surface area contributed by atoms with Gasteiger partial charge in [0.2, 0.25) is 0 Å². The molecule has 0 heterocycles. The fourth-order valence-corrected chi connectivity index (χ4v) is 11.9. The first kappa shape index (κ1) is 37.2. The molecule has 0 amide bonds. The van der Waals surface area contributed by atoms with Crippen molar-refractivity contribution in [1.82, 2.24) is 0 Å². The Bertz CT molecular complexity index is 1370. The lowest BCUT2D eigenvalue weighted by Crippen LogP contribution is -2.72. The Morgan fingerprint density at radius 2 is 1.65 bits per heavy atom. The molecule has 0 saturated heterocycles. The summed E-state index contributed by atoms with van der Waals surface area (Å²) in [6, 6.07) is 0. The molecule has 5 rings (SSSR count). The molecule has 270 valence electrons. The third-order valence-corrected chi connectivity index (χ3v) is 15.5. The van der Waals surface area contributed by atoms with Crippen LogP contribution in [0.2, 0.25) is 0 Å². The van der Waals surface area contributed by atoms with E-state index >= 15 is 0 Å². The number of esters is 2. The second-order valence-electron chi connectivity index (χ2n) is 18.0. The SMILES string of the molecule is CC=C(C)C(=O)OC1C(OC(=O)C(C)CC)C2(CO)C(O)CC3(C)C(=CCC4C5(C)CCC(O)C(C)(C=O)C5CCC43C)C2CC1(C)C. The Morgan fingerprint density at radius 3 is 2.23 bits per heavy atom. The van der Waals surface area contributed by atoms with E-state index in [2.05, 4.69) is 26.8 Å². The molecule has 0 bridgehead atoms. The first-order chi connectivity index (χ1) is 22.3. The van der Waals surface area contributed by atoms with Crippen molar-refractivity contribution in [2.75, 3.05) is 6.61 Å². The maximum absolute atomic E-state index is 13.6. The Balaban J connectivity index is 1.65. The summed E-state index contributed by atoms with van der Waals surface area (Å²) in [6.45, 7) is 19.7. The quantitative estimate of drug-likeness (QED) is 0.124. The van der Waals surface area contributed by atoms with Crippen LogP contribution in [0.4, 0.5) is 0 Å². The Labute approximate surface area is 288 Å².